The van der Waals surface area contributed by atoms with Crippen LogP contribution in [0.25, 0.3) is 0 Å². The second kappa shape index (κ2) is 6.54. The van der Waals surface area contributed by atoms with Gasteiger partial charge in [0.05, 0.1) is 11.1 Å². The highest BCUT2D eigenvalue weighted by Crippen LogP contribution is 2.28. The average Bonchev–Trinajstić information content (AvgIpc) is 2.83. The number of hydroxylamine groups is 2. The molecule has 0 saturated carbocycles. The van der Waals surface area contributed by atoms with Crippen molar-refractivity contribution in [3.8, 4) is 11.8 Å². The predicted molar refractivity (Wildman–Crippen MR) is 94.6 cm³/mol. The number of carbonyl (C=O) groups is 2. The molecule has 1 heterocycles. The average molecular weight is 333 g/mol. The predicted octanol–water partition coefficient (Wildman–Crippen LogP) is 3.68. The Morgan fingerprint density at radius 1 is 0.880 bits per heavy atom. The first-order valence-electron chi connectivity index (χ1n) is 8.09. The van der Waals surface area contributed by atoms with Crippen molar-refractivity contribution in [2.45, 2.75) is 26.9 Å². The maximum atomic E-state index is 12.5. The molecule has 0 bridgehead atoms. The fourth-order valence-corrected chi connectivity index (χ4v) is 2.44. The van der Waals surface area contributed by atoms with Crippen LogP contribution in [0.15, 0.2) is 54.6 Å². The Labute approximate surface area is 147 Å². The van der Waals surface area contributed by atoms with E-state index in [4.69, 9.17) is 4.84 Å². The number of nitrogens with zero attached hydrogens (tertiary/aromatic N) is 1. The molecule has 0 aliphatic carbocycles. The fraction of sp³-hybridized carbons (Fsp3) is 0.238. The van der Waals surface area contributed by atoms with Gasteiger partial charge in [0.1, 0.15) is 0 Å². The van der Waals surface area contributed by atoms with Gasteiger partial charge in [-0.1, -0.05) is 62.9 Å². The van der Waals surface area contributed by atoms with Gasteiger partial charge in [0.2, 0.25) is 0 Å². The van der Waals surface area contributed by atoms with Gasteiger partial charge in [-0.3, -0.25) is 9.59 Å². The zero-order valence-corrected chi connectivity index (χ0v) is 14.4. The molecule has 2 aromatic carbocycles. The summed E-state index contributed by atoms with van der Waals surface area (Å²) in [6.07, 6.45) is -0.616. The van der Waals surface area contributed by atoms with E-state index in [9.17, 15) is 9.59 Å². The molecular weight excluding hydrogens is 314 g/mol. The third-order valence-corrected chi connectivity index (χ3v) is 3.88. The Balaban J connectivity index is 1.87. The Morgan fingerprint density at radius 2 is 1.40 bits per heavy atom. The number of carbonyl (C=O) groups excluding carboxylic acids is 2. The molecule has 0 spiro atoms. The number of rotatable bonds is 2. The molecule has 4 nitrogen and oxygen atoms in total. The van der Waals surface area contributed by atoms with Crippen molar-refractivity contribution < 1.29 is 14.4 Å². The molecule has 1 unspecified atom stereocenters. The number of imide groups is 1. The van der Waals surface area contributed by atoms with E-state index in [0.29, 0.717) is 11.1 Å². The van der Waals surface area contributed by atoms with E-state index in [1.54, 1.807) is 24.3 Å². The minimum atomic E-state index is -0.616. The molecule has 2 amide bonds. The maximum absolute atomic E-state index is 12.5. The first-order chi connectivity index (χ1) is 11.9. The summed E-state index contributed by atoms with van der Waals surface area (Å²) >= 11 is 0. The Hall–Kier alpha value is -2.90. The van der Waals surface area contributed by atoms with Crippen LogP contribution in [0.5, 0.6) is 0 Å². The summed E-state index contributed by atoms with van der Waals surface area (Å²) in [5.41, 5.74) is 1.19. The lowest BCUT2D eigenvalue weighted by molar-refractivity contribution is -0.141. The quantitative estimate of drug-likeness (QED) is 0.622. The Bertz CT molecular complexity index is 834. The summed E-state index contributed by atoms with van der Waals surface area (Å²) in [5.74, 6) is 5.21. The van der Waals surface area contributed by atoms with Crippen molar-refractivity contribution in [1.29, 1.82) is 0 Å². The van der Waals surface area contributed by atoms with Crippen LogP contribution in [0.2, 0.25) is 0 Å². The van der Waals surface area contributed by atoms with Crippen molar-refractivity contribution in [3.63, 3.8) is 0 Å². The molecule has 1 aliphatic heterocycles. The molecule has 0 N–H and O–H groups in total. The molecule has 0 fully saturated rings. The van der Waals surface area contributed by atoms with Crippen molar-refractivity contribution in [1.82, 2.24) is 5.06 Å². The van der Waals surface area contributed by atoms with Gasteiger partial charge in [-0.05, 0) is 24.3 Å². The van der Waals surface area contributed by atoms with Gasteiger partial charge in [-0.2, -0.15) is 0 Å². The van der Waals surface area contributed by atoms with Crippen LogP contribution in [0.4, 0.5) is 0 Å². The van der Waals surface area contributed by atoms with Gasteiger partial charge in [0, 0.05) is 11.0 Å². The molecule has 4 heteroatoms. The molecule has 25 heavy (non-hydrogen) atoms. The van der Waals surface area contributed by atoms with Crippen molar-refractivity contribution in [2.75, 3.05) is 0 Å². The van der Waals surface area contributed by atoms with E-state index in [-0.39, 0.29) is 5.41 Å². The standard InChI is InChI=1S/C21H19NO3/c1-21(2,3)18(14-13-15-9-5-4-6-10-15)25-22-19(23)16-11-7-8-12-17(16)20(22)24/h4-12,18H,1-3H3. The molecule has 126 valence electrons. The zero-order valence-electron chi connectivity index (χ0n) is 14.4. The van der Waals surface area contributed by atoms with Crippen molar-refractivity contribution in [2.24, 2.45) is 5.41 Å². The Morgan fingerprint density at radius 3 is 1.92 bits per heavy atom. The highest BCUT2D eigenvalue weighted by Gasteiger charge is 2.39. The van der Waals surface area contributed by atoms with Gasteiger partial charge >= 0.3 is 0 Å². The first-order valence-corrected chi connectivity index (χ1v) is 8.09. The van der Waals surface area contributed by atoms with E-state index in [0.717, 1.165) is 10.6 Å². The van der Waals surface area contributed by atoms with Crippen LogP contribution in [0.1, 0.15) is 47.1 Å². The lowest BCUT2D eigenvalue weighted by Crippen LogP contribution is -2.39. The second-order valence-electron chi connectivity index (χ2n) is 6.94. The fourth-order valence-electron chi connectivity index (χ4n) is 2.44. The highest BCUT2D eigenvalue weighted by molar-refractivity contribution is 6.20. The molecule has 0 saturated heterocycles. The molecule has 2 aromatic rings. The van der Waals surface area contributed by atoms with Crippen LogP contribution >= 0.6 is 0 Å². The first kappa shape index (κ1) is 16.9. The third-order valence-electron chi connectivity index (χ3n) is 3.88. The van der Waals surface area contributed by atoms with Crippen molar-refractivity contribution in [3.05, 3.63) is 71.3 Å². The minimum Gasteiger partial charge on any atom is -0.266 e. The summed E-state index contributed by atoms with van der Waals surface area (Å²) < 4.78 is 0. The number of hydrogen-bond acceptors (Lipinski definition) is 3. The monoisotopic (exact) mass is 333 g/mol. The topological polar surface area (TPSA) is 46.6 Å². The van der Waals surface area contributed by atoms with E-state index < -0.39 is 17.9 Å². The van der Waals surface area contributed by atoms with Crippen LogP contribution in [0, 0.1) is 17.3 Å². The molecular formula is C21H19NO3. The van der Waals surface area contributed by atoms with Gasteiger partial charge < -0.3 is 0 Å². The zero-order chi connectivity index (χ0) is 18.0. The molecule has 1 aliphatic rings. The van der Waals surface area contributed by atoms with Crippen LogP contribution in [-0.4, -0.2) is 23.0 Å². The summed E-state index contributed by atoms with van der Waals surface area (Å²) in [4.78, 5) is 30.7. The summed E-state index contributed by atoms with van der Waals surface area (Å²) in [6, 6.07) is 16.2. The lowest BCUT2D eigenvalue weighted by atomic mass is 9.89. The minimum absolute atomic E-state index is 0.358. The van der Waals surface area contributed by atoms with Gasteiger partial charge in [-0.25, -0.2) is 4.84 Å². The third kappa shape index (κ3) is 3.47. The van der Waals surface area contributed by atoms with Gasteiger partial charge in [0.25, 0.3) is 11.8 Å². The molecule has 0 aromatic heterocycles. The number of hydrogen-bond donors (Lipinski definition) is 0. The molecule has 1 atom stereocenters. The van der Waals surface area contributed by atoms with E-state index in [1.165, 1.54) is 0 Å². The summed E-state index contributed by atoms with van der Waals surface area (Å²) in [7, 11) is 0. The number of benzene rings is 2. The maximum Gasteiger partial charge on any atom is 0.285 e. The molecule has 0 radical (unpaired) electrons. The van der Waals surface area contributed by atoms with Crippen LogP contribution in [-0.2, 0) is 4.84 Å². The normalized spacial score (nSPS) is 14.8. The van der Waals surface area contributed by atoms with Crippen molar-refractivity contribution >= 4 is 11.8 Å². The lowest BCUT2D eigenvalue weighted by Gasteiger charge is -2.28. The van der Waals surface area contributed by atoms with Gasteiger partial charge in [0.15, 0.2) is 6.10 Å². The number of fused-ring (bicyclic) bond motifs is 1. The second-order valence-corrected chi connectivity index (χ2v) is 6.94. The van der Waals surface area contributed by atoms with Crippen LogP contribution < -0.4 is 0 Å². The number of amides is 2. The van der Waals surface area contributed by atoms with E-state index in [2.05, 4.69) is 11.8 Å². The Kier molecular flexibility index (Phi) is 4.43. The summed E-state index contributed by atoms with van der Waals surface area (Å²) in [5, 5.41) is 0.834. The summed E-state index contributed by atoms with van der Waals surface area (Å²) in [6.45, 7) is 5.86. The van der Waals surface area contributed by atoms with E-state index in [1.807, 2.05) is 51.1 Å². The smallest absolute Gasteiger partial charge is 0.266 e. The van der Waals surface area contributed by atoms with Crippen LogP contribution in [0.3, 0.4) is 0 Å². The largest absolute Gasteiger partial charge is 0.285 e. The van der Waals surface area contributed by atoms with Gasteiger partial charge in [-0.15, -0.1) is 5.06 Å². The SMILES string of the molecule is CC(C)(C)C(C#Cc1ccccc1)ON1C(=O)c2ccccc2C1=O. The molecule has 3 rings (SSSR count). The highest BCUT2D eigenvalue weighted by atomic mass is 16.7. The van der Waals surface area contributed by atoms with E-state index >= 15 is 0 Å².